The number of hydrazine groups is 1. The number of amides is 2. The second kappa shape index (κ2) is 7.71. The highest BCUT2D eigenvalue weighted by molar-refractivity contribution is 6.32. The number of ether oxygens (including phenoxy) is 2. The summed E-state index contributed by atoms with van der Waals surface area (Å²) in [6, 6.07) is 3.09. The molecule has 0 atom stereocenters. The number of rotatable bonds is 5. The molecule has 4 aliphatic carbocycles. The van der Waals surface area contributed by atoms with Crippen LogP contribution < -0.4 is 20.3 Å². The van der Waals surface area contributed by atoms with Gasteiger partial charge in [-0.3, -0.25) is 20.4 Å². The Hall–Kier alpha value is -1.95. The minimum atomic E-state index is -0.431. The first kappa shape index (κ1) is 20.3. The predicted octanol–water partition coefficient (Wildman–Crippen LogP) is 4.11. The minimum Gasteiger partial charge on any atom is -0.493 e. The number of benzene rings is 1. The second-order valence-corrected chi connectivity index (χ2v) is 9.67. The zero-order chi connectivity index (χ0) is 20.8. The number of methoxy groups -OCH3 is 1. The third-order valence-electron chi connectivity index (χ3n) is 6.65. The third-order valence-corrected chi connectivity index (χ3v) is 6.94. The Morgan fingerprint density at radius 2 is 1.66 bits per heavy atom. The van der Waals surface area contributed by atoms with Crippen molar-refractivity contribution in [2.24, 2.45) is 23.2 Å². The van der Waals surface area contributed by atoms with E-state index in [0.29, 0.717) is 34.8 Å². The van der Waals surface area contributed by atoms with Crippen LogP contribution >= 0.6 is 11.6 Å². The second-order valence-electron chi connectivity index (χ2n) is 9.26. The first-order chi connectivity index (χ1) is 13.8. The van der Waals surface area contributed by atoms with Crippen LogP contribution in [-0.2, 0) is 4.79 Å². The molecule has 0 radical (unpaired) electrons. The minimum absolute atomic E-state index is 0.0530. The normalized spacial score (nSPS) is 29.6. The van der Waals surface area contributed by atoms with E-state index in [1.807, 2.05) is 13.8 Å². The standard InChI is InChI=1S/C22H29ClN2O4/c1-12(2)29-19-17(23)7-16(8-18(19)28-3)20(26)24-25-21(27)22-9-13-4-14(10-22)6-15(5-13)11-22/h7-8,12-15H,4-6,9-11H2,1-3H3,(H,24,26)(H,25,27). The Bertz CT molecular complexity index is 788. The molecule has 0 aromatic heterocycles. The molecule has 2 N–H and O–H groups in total. The van der Waals surface area contributed by atoms with Gasteiger partial charge in [-0.15, -0.1) is 0 Å². The summed E-state index contributed by atoms with van der Waals surface area (Å²) in [6.07, 6.45) is 6.55. The van der Waals surface area contributed by atoms with Gasteiger partial charge in [-0.25, -0.2) is 0 Å². The number of carbonyl (C=O) groups is 2. The Morgan fingerprint density at radius 1 is 1.07 bits per heavy atom. The van der Waals surface area contributed by atoms with Crippen LogP contribution in [0.3, 0.4) is 0 Å². The Balaban J connectivity index is 1.43. The molecule has 5 rings (SSSR count). The fraction of sp³-hybridized carbons (Fsp3) is 0.636. The summed E-state index contributed by atoms with van der Waals surface area (Å²) in [5, 5.41) is 0.288. The van der Waals surface area contributed by atoms with Gasteiger partial charge in [-0.05, 0) is 82.3 Å². The predicted molar refractivity (Wildman–Crippen MR) is 110 cm³/mol. The van der Waals surface area contributed by atoms with Crippen LogP contribution in [0.25, 0.3) is 0 Å². The molecule has 4 aliphatic rings. The van der Waals surface area contributed by atoms with E-state index < -0.39 is 5.91 Å². The van der Waals surface area contributed by atoms with Crippen LogP contribution in [0.2, 0.25) is 5.02 Å². The molecule has 4 saturated carbocycles. The van der Waals surface area contributed by atoms with Crippen molar-refractivity contribution in [2.75, 3.05) is 7.11 Å². The van der Waals surface area contributed by atoms with E-state index in [1.165, 1.54) is 32.4 Å². The highest BCUT2D eigenvalue weighted by Gasteiger charge is 2.54. The summed E-state index contributed by atoms with van der Waals surface area (Å²) in [6.45, 7) is 3.77. The van der Waals surface area contributed by atoms with Crippen molar-refractivity contribution in [1.82, 2.24) is 10.9 Å². The van der Waals surface area contributed by atoms with Crippen molar-refractivity contribution < 1.29 is 19.1 Å². The lowest BCUT2D eigenvalue weighted by molar-refractivity contribution is -0.147. The molecular formula is C22H29ClN2O4. The number of hydrogen-bond donors (Lipinski definition) is 2. The SMILES string of the molecule is COc1cc(C(=O)NNC(=O)C23CC4CC(CC(C4)C2)C3)cc(Cl)c1OC(C)C. The summed E-state index contributed by atoms with van der Waals surface area (Å²) in [7, 11) is 1.50. The molecule has 0 saturated heterocycles. The first-order valence-corrected chi connectivity index (χ1v) is 10.8. The number of nitrogens with one attached hydrogen (secondary N) is 2. The van der Waals surface area contributed by atoms with Crippen LogP contribution in [0.5, 0.6) is 11.5 Å². The topological polar surface area (TPSA) is 76.7 Å². The van der Waals surface area contributed by atoms with Crippen molar-refractivity contribution in [2.45, 2.75) is 58.5 Å². The van der Waals surface area contributed by atoms with Crippen LogP contribution in [0, 0.1) is 23.2 Å². The molecule has 0 aliphatic heterocycles. The summed E-state index contributed by atoms with van der Waals surface area (Å²) >= 11 is 6.30. The average Bonchev–Trinajstić information content (AvgIpc) is 2.65. The summed E-state index contributed by atoms with van der Waals surface area (Å²) < 4.78 is 11.0. The van der Waals surface area contributed by atoms with Crippen LogP contribution in [0.1, 0.15) is 62.7 Å². The van der Waals surface area contributed by atoms with Gasteiger partial charge in [-0.1, -0.05) is 11.6 Å². The van der Waals surface area contributed by atoms with Gasteiger partial charge in [0.1, 0.15) is 0 Å². The lowest BCUT2D eigenvalue weighted by Crippen LogP contribution is -2.56. The van der Waals surface area contributed by atoms with Crippen molar-refractivity contribution in [3.05, 3.63) is 22.7 Å². The first-order valence-electron chi connectivity index (χ1n) is 10.4. The molecule has 7 heteroatoms. The van der Waals surface area contributed by atoms with E-state index in [4.69, 9.17) is 21.1 Å². The molecule has 0 spiro atoms. The van der Waals surface area contributed by atoms with Gasteiger partial charge in [0.05, 0.1) is 23.7 Å². The third kappa shape index (κ3) is 3.91. The monoisotopic (exact) mass is 420 g/mol. The van der Waals surface area contributed by atoms with Gasteiger partial charge < -0.3 is 9.47 Å². The molecule has 2 amide bonds. The fourth-order valence-corrected chi connectivity index (χ4v) is 6.16. The molecule has 0 heterocycles. The summed E-state index contributed by atoms with van der Waals surface area (Å²) in [5.74, 6) is 2.29. The lowest BCUT2D eigenvalue weighted by atomic mass is 9.49. The van der Waals surface area contributed by atoms with Crippen molar-refractivity contribution in [3.8, 4) is 11.5 Å². The molecule has 1 aromatic rings. The number of carbonyl (C=O) groups excluding carboxylic acids is 2. The fourth-order valence-electron chi connectivity index (χ4n) is 5.91. The molecule has 4 bridgehead atoms. The maximum Gasteiger partial charge on any atom is 0.269 e. The van der Waals surface area contributed by atoms with Gasteiger partial charge in [0.25, 0.3) is 5.91 Å². The zero-order valence-electron chi connectivity index (χ0n) is 17.2. The lowest BCUT2D eigenvalue weighted by Gasteiger charge is -2.55. The number of hydrogen-bond acceptors (Lipinski definition) is 4. The molecule has 0 unspecified atom stereocenters. The van der Waals surface area contributed by atoms with Crippen molar-refractivity contribution in [1.29, 1.82) is 0 Å². The average molecular weight is 421 g/mol. The van der Waals surface area contributed by atoms with Crippen molar-refractivity contribution >= 4 is 23.4 Å². The van der Waals surface area contributed by atoms with Gasteiger partial charge >= 0.3 is 0 Å². The highest BCUT2D eigenvalue weighted by Crippen LogP contribution is 2.60. The maximum atomic E-state index is 13.0. The molecular weight excluding hydrogens is 392 g/mol. The van der Waals surface area contributed by atoms with E-state index in [1.54, 1.807) is 6.07 Å². The molecule has 1 aromatic carbocycles. The quantitative estimate of drug-likeness (QED) is 0.702. The van der Waals surface area contributed by atoms with Crippen LogP contribution in [-0.4, -0.2) is 25.0 Å². The van der Waals surface area contributed by atoms with Crippen LogP contribution in [0.15, 0.2) is 12.1 Å². The Kier molecular flexibility index (Phi) is 5.40. The smallest absolute Gasteiger partial charge is 0.269 e. The molecule has 158 valence electrons. The number of halogens is 1. The van der Waals surface area contributed by atoms with Gasteiger partial charge in [0.2, 0.25) is 5.91 Å². The van der Waals surface area contributed by atoms with E-state index in [-0.39, 0.29) is 22.4 Å². The van der Waals surface area contributed by atoms with E-state index >= 15 is 0 Å². The zero-order valence-corrected chi connectivity index (χ0v) is 18.0. The van der Waals surface area contributed by atoms with E-state index in [2.05, 4.69) is 10.9 Å². The van der Waals surface area contributed by atoms with E-state index in [9.17, 15) is 9.59 Å². The summed E-state index contributed by atoms with van der Waals surface area (Å²) in [4.78, 5) is 25.7. The van der Waals surface area contributed by atoms with E-state index in [0.717, 1.165) is 19.3 Å². The highest BCUT2D eigenvalue weighted by atomic mass is 35.5. The van der Waals surface area contributed by atoms with Gasteiger partial charge in [-0.2, -0.15) is 0 Å². The molecule has 29 heavy (non-hydrogen) atoms. The largest absolute Gasteiger partial charge is 0.493 e. The summed E-state index contributed by atoms with van der Waals surface area (Å²) in [5.41, 5.74) is 5.24. The van der Waals surface area contributed by atoms with Gasteiger partial charge in [0.15, 0.2) is 11.5 Å². The van der Waals surface area contributed by atoms with Crippen LogP contribution in [0.4, 0.5) is 0 Å². The Morgan fingerprint density at radius 3 is 2.17 bits per heavy atom. The molecule has 4 fully saturated rings. The van der Waals surface area contributed by atoms with Crippen molar-refractivity contribution in [3.63, 3.8) is 0 Å². The Labute approximate surface area is 176 Å². The molecule has 6 nitrogen and oxygen atoms in total. The maximum absolute atomic E-state index is 13.0. The van der Waals surface area contributed by atoms with Gasteiger partial charge in [0, 0.05) is 5.56 Å².